The van der Waals surface area contributed by atoms with E-state index in [0.29, 0.717) is 11.5 Å². The number of benzene rings is 2. The standard InChI is InChI=1S/C18H18BrNO3/c1-12-10-14(19)6-8-16(12)20-18(21)9-5-13-4-7-15(22-2)11-17(13)23-3/h4-11H,1-3H3,(H,20,21). The summed E-state index contributed by atoms with van der Waals surface area (Å²) in [5.74, 6) is 1.15. The minimum Gasteiger partial charge on any atom is -0.497 e. The molecular weight excluding hydrogens is 358 g/mol. The maximum Gasteiger partial charge on any atom is 0.248 e. The maximum atomic E-state index is 12.1. The number of hydrogen-bond donors (Lipinski definition) is 1. The lowest BCUT2D eigenvalue weighted by Gasteiger charge is -2.08. The number of carbonyl (C=O) groups is 1. The van der Waals surface area contributed by atoms with E-state index in [1.54, 1.807) is 26.4 Å². The molecule has 0 aliphatic heterocycles. The van der Waals surface area contributed by atoms with Crippen molar-refractivity contribution >= 4 is 33.6 Å². The highest BCUT2D eigenvalue weighted by molar-refractivity contribution is 9.10. The second-order valence-corrected chi connectivity index (χ2v) is 5.81. The number of hydrogen-bond acceptors (Lipinski definition) is 3. The zero-order chi connectivity index (χ0) is 16.8. The summed E-state index contributed by atoms with van der Waals surface area (Å²) in [6.07, 6.45) is 3.19. The predicted octanol–water partition coefficient (Wildman–Crippen LogP) is 4.43. The number of amides is 1. The molecular formula is C18H18BrNO3. The van der Waals surface area contributed by atoms with Crippen LogP contribution in [-0.2, 0) is 4.79 Å². The molecule has 0 aliphatic rings. The average Bonchev–Trinajstić information content (AvgIpc) is 2.55. The molecule has 2 aromatic rings. The van der Waals surface area contributed by atoms with Crippen LogP contribution in [0.4, 0.5) is 5.69 Å². The van der Waals surface area contributed by atoms with Gasteiger partial charge < -0.3 is 14.8 Å². The number of aryl methyl sites for hydroxylation is 1. The zero-order valence-corrected chi connectivity index (χ0v) is 14.8. The molecule has 0 atom stereocenters. The van der Waals surface area contributed by atoms with Crippen molar-refractivity contribution in [2.45, 2.75) is 6.92 Å². The molecule has 4 nitrogen and oxygen atoms in total. The van der Waals surface area contributed by atoms with Crippen LogP contribution in [0.1, 0.15) is 11.1 Å². The summed E-state index contributed by atoms with van der Waals surface area (Å²) in [6.45, 7) is 1.94. The van der Waals surface area contributed by atoms with Gasteiger partial charge in [-0.3, -0.25) is 4.79 Å². The Hall–Kier alpha value is -2.27. The molecule has 0 radical (unpaired) electrons. The van der Waals surface area contributed by atoms with Crippen LogP contribution in [-0.4, -0.2) is 20.1 Å². The van der Waals surface area contributed by atoms with Gasteiger partial charge in [-0.15, -0.1) is 0 Å². The molecule has 1 amide bonds. The fourth-order valence-corrected chi connectivity index (χ4v) is 2.54. The highest BCUT2D eigenvalue weighted by atomic mass is 79.9. The van der Waals surface area contributed by atoms with Crippen molar-refractivity contribution in [2.24, 2.45) is 0 Å². The van der Waals surface area contributed by atoms with E-state index >= 15 is 0 Å². The lowest BCUT2D eigenvalue weighted by molar-refractivity contribution is -0.111. The first-order valence-corrected chi connectivity index (χ1v) is 7.80. The zero-order valence-electron chi connectivity index (χ0n) is 13.2. The largest absolute Gasteiger partial charge is 0.497 e. The Balaban J connectivity index is 2.12. The normalized spacial score (nSPS) is 10.6. The fourth-order valence-electron chi connectivity index (χ4n) is 2.06. The molecule has 2 aromatic carbocycles. The summed E-state index contributed by atoms with van der Waals surface area (Å²) < 4.78 is 11.4. The fraction of sp³-hybridized carbons (Fsp3) is 0.167. The van der Waals surface area contributed by atoms with Gasteiger partial charge in [0.25, 0.3) is 0 Å². The van der Waals surface area contributed by atoms with Crippen molar-refractivity contribution in [3.8, 4) is 11.5 Å². The Labute approximate surface area is 144 Å². The van der Waals surface area contributed by atoms with E-state index in [1.165, 1.54) is 6.08 Å². The number of halogens is 1. The predicted molar refractivity (Wildman–Crippen MR) is 96.1 cm³/mol. The summed E-state index contributed by atoms with van der Waals surface area (Å²) in [5, 5.41) is 2.86. The summed E-state index contributed by atoms with van der Waals surface area (Å²) >= 11 is 3.40. The van der Waals surface area contributed by atoms with E-state index in [-0.39, 0.29) is 5.91 Å². The van der Waals surface area contributed by atoms with E-state index in [0.717, 1.165) is 21.3 Å². The highest BCUT2D eigenvalue weighted by Gasteiger charge is 2.05. The van der Waals surface area contributed by atoms with E-state index in [9.17, 15) is 4.79 Å². The Morgan fingerprint density at radius 1 is 1.13 bits per heavy atom. The summed E-state index contributed by atoms with van der Waals surface area (Å²) in [5.41, 5.74) is 2.57. The third-order valence-corrected chi connectivity index (χ3v) is 3.79. The Bertz CT molecular complexity index is 741. The quantitative estimate of drug-likeness (QED) is 0.786. The number of methoxy groups -OCH3 is 2. The van der Waals surface area contributed by atoms with E-state index in [1.807, 2.05) is 37.3 Å². The molecule has 0 fully saturated rings. The molecule has 0 heterocycles. The van der Waals surface area contributed by atoms with Crippen molar-refractivity contribution in [2.75, 3.05) is 19.5 Å². The minimum absolute atomic E-state index is 0.201. The molecule has 0 aromatic heterocycles. The van der Waals surface area contributed by atoms with Crippen LogP contribution >= 0.6 is 15.9 Å². The van der Waals surface area contributed by atoms with Crippen LogP contribution < -0.4 is 14.8 Å². The van der Waals surface area contributed by atoms with Crippen LogP contribution in [0.2, 0.25) is 0 Å². The van der Waals surface area contributed by atoms with Gasteiger partial charge in [0.15, 0.2) is 0 Å². The van der Waals surface area contributed by atoms with Crippen molar-refractivity contribution in [3.63, 3.8) is 0 Å². The molecule has 1 N–H and O–H groups in total. The van der Waals surface area contributed by atoms with Gasteiger partial charge in [-0.2, -0.15) is 0 Å². The van der Waals surface area contributed by atoms with E-state index in [4.69, 9.17) is 9.47 Å². The van der Waals surface area contributed by atoms with Gasteiger partial charge in [0.1, 0.15) is 11.5 Å². The third kappa shape index (κ3) is 4.60. The second-order valence-electron chi connectivity index (χ2n) is 4.89. The SMILES string of the molecule is COc1ccc(C=CC(=O)Nc2ccc(Br)cc2C)c(OC)c1. The third-order valence-electron chi connectivity index (χ3n) is 3.30. The molecule has 2 rings (SSSR count). The van der Waals surface area contributed by atoms with Gasteiger partial charge in [-0.1, -0.05) is 15.9 Å². The van der Waals surface area contributed by atoms with Gasteiger partial charge in [0.2, 0.25) is 5.91 Å². The molecule has 0 saturated carbocycles. The molecule has 0 spiro atoms. The number of rotatable bonds is 5. The topological polar surface area (TPSA) is 47.6 Å². The van der Waals surface area contributed by atoms with Gasteiger partial charge in [0.05, 0.1) is 14.2 Å². The van der Waals surface area contributed by atoms with Crippen LogP contribution in [0.15, 0.2) is 46.9 Å². The molecule has 0 bridgehead atoms. The van der Waals surface area contributed by atoms with Crippen molar-refractivity contribution in [1.29, 1.82) is 0 Å². The highest BCUT2D eigenvalue weighted by Crippen LogP contribution is 2.25. The van der Waals surface area contributed by atoms with Gasteiger partial charge >= 0.3 is 0 Å². The number of nitrogens with one attached hydrogen (secondary N) is 1. The average molecular weight is 376 g/mol. The van der Waals surface area contributed by atoms with Crippen molar-refractivity contribution < 1.29 is 14.3 Å². The van der Waals surface area contributed by atoms with Crippen LogP contribution in [0, 0.1) is 6.92 Å². The number of anilines is 1. The van der Waals surface area contributed by atoms with Crippen molar-refractivity contribution in [1.82, 2.24) is 0 Å². The molecule has 0 saturated heterocycles. The van der Waals surface area contributed by atoms with E-state index in [2.05, 4.69) is 21.2 Å². The molecule has 0 unspecified atom stereocenters. The molecule has 5 heteroatoms. The monoisotopic (exact) mass is 375 g/mol. The lowest BCUT2D eigenvalue weighted by atomic mass is 10.1. The van der Waals surface area contributed by atoms with Gasteiger partial charge in [-0.05, 0) is 48.9 Å². The Kier molecular flexibility index (Phi) is 5.82. The maximum absolute atomic E-state index is 12.1. The first-order valence-electron chi connectivity index (χ1n) is 7.00. The van der Waals surface area contributed by atoms with Crippen LogP contribution in [0.5, 0.6) is 11.5 Å². The minimum atomic E-state index is -0.201. The first kappa shape index (κ1) is 17.1. The van der Waals surface area contributed by atoms with Gasteiger partial charge in [-0.25, -0.2) is 0 Å². The smallest absolute Gasteiger partial charge is 0.248 e. The van der Waals surface area contributed by atoms with E-state index < -0.39 is 0 Å². The first-order chi connectivity index (χ1) is 11.0. The Morgan fingerprint density at radius 2 is 1.91 bits per heavy atom. The van der Waals surface area contributed by atoms with Crippen molar-refractivity contribution in [3.05, 3.63) is 58.1 Å². The number of ether oxygens (including phenoxy) is 2. The Morgan fingerprint density at radius 3 is 2.57 bits per heavy atom. The summed E-state index contributed by atoms with van der Waals surface area (Å²) in [7, 11) is 3.18. The van der Waals surface area contributed by atoms with Crippen LogP contribution in [0.3, 0.4) is 0 Å². The van der Waals surface area contributed by atoms with Gasteiger partial charge in [0, 0.05) is 27.9 Å². The summed E-state index contributed by atoms with van der Waals surface area (Å²) in [4.78, 5) is 12.1. The van der Waals surface area contributed by atoms with Crippen LogP contribution in [0.25, 0.3) is 6.08 Å². The lowest BCUT2D eigenvalue weighted by Crippen LogP contribution is -2.08. The second kappa shape index (κ2) is 7.83. The number of carbonyl (C=O) groups excluding carboxylic acids is 1. The summed E-state index contributed by atoms with van der Waals surface area (Å²) in [6, 6.07) is 11.1. The molecule has 0 aliphatic carbocycles. The molecule has 23 heavy (non-hydrogen) atoms. The molecule has 120 valence electrons.